The first kappa shape index (κ1) is 10.5. The minimum Gasteiger partial charge on any atom is -0.284 e. The average Bonchev–Trinajstić information content (AvgIpc) is 2.06. The van der Waals surface area contributed by atoms with Crippen molar-refractivity contribution in [2.75, 3.05) is 16.4 Å². The average molecular weight is 213 g/mol. The minimum atomic E-state index is -3.21. The van der Waals surface area contributed by atoms with E-state index in [1.165, 1.54) is 0 Å². The number of benzene rings is 1. The fourth-order valence-corrected chi connectivity index (χ4v) is 1.48. The second kappa shape index (κ2) is 4.10. The Hall–Kier alpha value is -1.56. The van der Waals surface area contributed by atoms with Gasteiger partial charge >= 0.3 is 0 Å². The van der Waals surface area contributed by atoms with E-state index < -0.39 is 10.0 Å². The Bertz CT molecular complexity index is 411. The highest BCUT2D eigenvalue weighted by Crippen LogP contribution is 2.13. The molecule has 0 unspecified atom stereocenters. The van der Waals surface area contributed by atoms with Crippen molar-refractivity contribution in [2.24, 2.45) is 5.10 Å². The van der Waals surface area contributed by atoms with Gasteiger partial charge in [0.1, 0.15) is 0 Å². The van der Waals surface area contributed by atoms with Gasteiger partial charge in [-0.25, -0.2) is 8.42 Å². The predicted molar refractivity (Wildman–Crippen MR) is 58.1 cm³/mol. The van der Waals surface area contributed by atoms with Crippen LogP contribution in [-0.2, 0) is 10.0 Å². The van der Waals surface area contributed by atoms with Gasteiger partial charge in [0.15, 0.2) is 0 Å². The van der Waals surface area contributed by atoms with Crippen LogP contribution in [-0.4, -0.2) is 21.4 Å². The predicted octanol–water partition coefficient (Wildman–Crippen LogP) is 1.09. The molecule has 0 aliphatic rings. The molecule has 76 valence electrons. The maximum atomic E-state index is 10.9. The van der Waals surface area contributed by atoms with E-state index in [0.717, 1.165) is 11.9 Å². The molecular formula is C8H11N3O2S. The van der Waals surface area contributed by atoms with Gasteiger partial charge in [0.25, 0.3) is 0 Å². The Morgan fingerprint density at radius 2 is 1.71 bits per heavy atom. The van der Waals surface area contributed by atoms with Crippen LogP contribution in [0.25, 0.3) is 0 Å². The largest absolute Gasteiger partial charge is 0.284 e. The molecule has 5 nitrogen and oxygen atoms in total. The molecule has 0 saturated heterocycles. The molecule has 0 aromatic heterocycles. The van der Waals surface area contributed by atoms with Gasteiger partial charge in [0.05, 0.1) is 11.9 Å². The molecule has 0 saturated carbocycles. The van der Waals surface area contributed by atoms with Crippen LogP contribution in [0.4, 0.5) is 11.4 Å². The number of nitrogens with one attached hydrogen (secondary N) is 2. The summed E-state index contributed by atoms with van der Waals surface area (Å²) in [7, 11) is -3.21. The number of hydrogen-bond acceptors (Lipinski definition) is 4. The minimum absolute atomic E-state index is 0.516. The van der Waals surface area contributed by atoms with E-state index >= 15 is 0 Å². The zero-order valence-corrected chi connectivity index (χ0v) is 8.50. The van der Waals surface area contributed by atoms with Crippen molar-refractivity contribution in [2.45, 2.75) is 0 Å². The van der Waals surface area contributed by atoms with Gasteiger partial charge in [-0.2, -0.15) is 5.10 Å². The van der Waals surface area contributed by atoms with Crippen molar-refractivity contribution in [3.63, 3.8) is 0 Å². The summed E-state index contributed by atoms with van der Waals surface area (Å²) in [5.41, 5.74) is 3.90. The van der Waals surface area contributed by atoms with Gasteiger partial charge < -0.3 is 0 Å². The van der Waals surface area contributed by atoms with E-state index in [-0.39, 0.29) is 0 Å². The summed E-state index contributed by atoms with van der Waals surface area (Å²) >= 11 is 0. The van der Waals surface area contributed by atoms with Gasteiger partial charge in [-0.1, -0.05) is 0 Å². The lowest BCUT2D eigenvalue weighted by Gasteiger charge is -2.04. The fraction of sp³-hybridized carbons (Fsp3) is 0.125. The van der Waals surface area contributed by atoms with Crippen LogP contribution in [0.15, 0.2) is 29.4 Å². The maximum absolute atomic E-state index is 10.9. The van der Waals surface area contributed by atoms with Crippen molar-refractivity contribution in [1.29, 1.82) is 0 Å². The monoisotopic (exact) mass is 213 g/mol. The molecule has 0 heterocycles. The lowest BCUT2D eigenvalue weighted by Crippen LogP contribution is -2.09. The third-order valence-corrected chi connectivity index (χ3v) is 2.00. The Kier molecular flexibility index (Phi) is 3.08. The van der Waals surface area contributed by atoms with E-state index in [2.05, 4.69) is 22.0 Å². The third kappa shape index (κ3) is 3.44. The Labute approximate surface area is 82.9 Å². The molecule has 6 heteroatoms. The maximum Gasteiger partial charge on any atom is 0.229 e. The summed E-state index contributed by atoms with van der Waals surface area (Å²) in [6.07, 6.45) is 1.10. The number of anilines is 2. The molecule has 0 radical (unpaired) electrons. The molecule has 0 aliphatic carbocycles. The van der Waals surface area contributed by atoms with Crippen LogP contribution in [0.5, 0.6) is 0 Å². The van der Waals surface area contributed by atoms with E-state index in [4.69, 9.17) is 0 Å². The number of hydrogen-bond donors (Lipinski definition) is 2. The second-order valence-electron chi connectivity index (χ2n) is 2.72. The fourth-order valence-electron chi connectivity index (χ4n) is 0.918. The van der Waals surface area contributed by atoms with Crippen LogP contribution in [0.3, 0.4) is 0 Å². The zero-order valence-electron chi connectivity index (χ0n) is 7.69. The van der Waals surface area contributed by atoms with Crippen molar-refractivity contribution in [1.82, 2.24) is 0 Å². The summed E-state index contributed by atoms with van der Waals surface area (Å²) in [6, 6.07) is 6.66. The summed E-state index contributed by atoms with van der Waals surface area (Å²) in [6.45, 7) is 3.27. The van der Waals surface area contributed by atoms with Crippen molar-refractivity contribution in [3.05, 3.63) is 24.3 Å². The summed E-state index contributed by atoms with van der Waals surface area (Å²) in [5, 5.41) is 3.47. The zero-order chi connectivity index (χ0) is 10.6. The highest BCUT2D eigenvalue weighted by atomic mass is 32.2. The van der Waals surface area contributed by atoms with Gasteiger partial charge in [0.2, 0.25) is 10.0 Å². The highest BCUT2D eigenvalue weighted by molar-refractivity contribution is 7.92. The molecule has 2 N–H and O–H groups in total. The first-order valence-corrected chi connectivity index (χ1v) is 5.70. The van der Waals surface area contributed by atoms with Crippen LogP contribution in [0.1, 0.15) is 0 Å². The molecule has 0 spiro atoms. The Morgan fingerprint density at radius 1 is 1.21 bits per heavy atom. The summed E-state index contributed by atoms with van der Waals surface area (Å²) in [5.74, 6) is 0. The lowest BCUT2D eigenvalue weighted by atomic mass is 10.3. The molecule has 1 rings (SSSR count). The highest BCUT2D eigenvalue weighted by Gasteiger charge is 2.00. The molecule has 0 amide bonds. The van der Waals surface area contributed by atoms with Crippen molar-refractivity contribution < 1.29 is 8.42 Å². The number of nitrogens with zero attached hydrogens (tertiary/aromatic N) is 1. The first-order chi connectivity index (χ1) is 6.51. The molecule has 0 fully saturated rings. The number of rotatable bonds is 4. The van der Waals surface area contributed by atoms with Crippen LogP contribution >= 0.6 is 0 Å². The molecule has 14 heavy (non-hydrogen) atoms. The van der Waals surface area contributed by atoms with Gasteiger partial charge in [-0.05, 0) is 24.3 Å². The molecular weight excluding hydrogens is 202 g/mol. The van der Waals surface area contributed by atoms with Crippen molar-refractivity contribution >= 4 is 28.1 Å². The summed E-state index contributed by atoms with van der Waals surface area (Å²) in [4.78, 5) is 0. The standard InChI is InChI=1S/C8H11N3O2S/c1-9-10-7-3-5-8(6-4-7)11-14(2,12)13/h3-6,10-11H,1H2,2H3. The van der Waals surface area contributed by atoms with Crippen LogP contribution in [0.2, 0.25) is 0 Å². The number of sulfonamides is 1. The molecule has 1 aromatic carbocycles. The SMILES string of the molecule is C=NNc1ccc(NS(C)(=O)=O)cc1. The first-order valence-electron chi connectivity index (χ1n) is 3.81. The molecule has 0 bridgehead atoms. The quantitative estimate of drug-likeness (QED) is 0.581. The van der Waals surface area contributed by atoms with E-state index in [0.29, 0.717) is 5.69 Å². The smallest absolute Gasteiger partial charge is 0.229 e. The summed E-state index contributed by atoms with van der Waals surface area (Å²) < 4.78 is 24.1. The van der Waals surface area contributed by atoms with Gasteiger partial charge in [-0.15, -0.1) is 0 Å². The number of hydrazone groups is 1. The topological polar surface area (TPSA) is 70.6 Å². The van der Waals surface area contributed by atoms with E-state index in [9.17, 15) is 8.42 Å². The van der Waals surface area contributed by atoms with Gasteiger partial charge in [0, 0.05) is 12.4 Å². The van der Waals surface area contributed by atoms with Crippen molar-refractivity contribution in [3.8, 4) is 0 Å². The Balaban J connectivity index is 2.78. The second-order valence-corrected chi connectivity index (χ2v) is 4.47. The van der Waals surface area contributed by atoms with Crippen LogP contribution in [0, 0.1) is 0 Å². The normalized spacial score (nSPS) is 10.6. The van der Waals surface area contributed by atoms with Crippen LogP contribution < -0.4 is 10.1 Å². The molecule has 0 atom stereocenters. The third-order valence-electron chi connectivity index (χ3n) is 1.40. The van der Waals surface area contributed by atoms with E-state index in [1.807, 2.05) is 0 Å². The Morgan fingerprint density at radius 3 is 2.14 bits per heavy atom. The molecule has 0 aliphatic heterocycles. The van der Waals surface area contributed by atoms with Gasteiger partial charge in [-0.3, -0.25) is 10.1 Å². The van der Waals surface area contributed by atoms with E-state index in [1.54, 1.807) is 24.3 Å². The molecule has 1 aromatic rings. The lowest BCUT2D eigenvalue weighted by molar-refractivity contribution is 0.607.